The number of carbonyl (C=O) groups excluding carboxylic acids is 2. The molecule has 160 valence electrons. The molecule has 2 rings (SSSR count). The van der Waals surface area contributed by atoms with E-state index < -0.39 is 57.5 Å². The van der Waals surface area contributed by atoms with Crippen LogP contribution in [0.1, 0.15) is 26.2 Å². The van der Waals surface area contributed by atoms with Gasteiger partial charge in [0.2, 0.25) is 0 Å². The number of ether oxygens (including phenoxy) is 2. The summed E-state index contributed by atoms with van der Waals surface area (Å²) in [6.45, 7) is 4.74. The molecule has 2 aliphatic carbocycles. The van der Waals surface area contributed by atoms with Gasteiger partial charge in [-0.15, -0.1) is 0 Å². The van der Waals surface area contributed by atoms with E-state index in [0.717, 1.165) is 0 Å². The van der Waals surface area contributed by atoms with E-state index in [1.807, 2.05) is 0 Å². The molecule has 0 aliphatic heterocycles. The highest BCUT2D eigenvalue weighted by atomic mass is 32.2. The Morgan fingerprint density at radius 2 is 1.71 bits per heavy atom. The molecule has 0 spiro atoms. The Kier molecular flexibility index (Phi) is 5.83. The molecule has 1 N–H and O–H groups in total. The predicted octanol–water partition coefficient (Wildman–Crippen LogP) is 2.48. The van der Waals surface area contributed by atoms with Crippen LogP contribution in [0.4, 0.5) is 22.0 Å². The minimum absolute atomic E-state index is 0.0205. The highest BCUT2D eigenvalue weighted by Crippen LogP contribution is 2.51. The first-order valence-corrected chi connectivity index (χ1v) is 9.48. The van der Waals surface area contributed by atoms with Crippen LogP contribution in [0.5, 0.6) is 0 Å². The van der Waals surface area contributed by atoms with Gasteiger partial charge in [-0.1, -0.05) is 6.58 Å². The van der Waals surface area contributed by atoms with E-state index in [2.05, 4.69) is 11.3 Å². The van der Waals surface area contributed by atoms with E-state index in [-0.39, 0.29) is 17.9 Å². The summed E-state index contributed by atoms with van der Waals surface area (Å²) in [4.78, 5) is 23.8. The molecule has 2 saturated carbocycles. The maximum atomic E-state index is 13.5. The van der Waals surface area contributed by atoms with Crippen LogP contribution in [0.2, 0.25) is 0 Å². The number of alkyl halides is 5. The quantitative estimate of drug-likeness (QED) is 0.295. The molecular weight excluding hydrogens is 419 g/mol. The van der Waals surface area contributed by atoms with Crippen molar-refractivity contribution >= 4 is 22.1 Å². The number of esters is 2. The summed E-state index contributed by atoms with van der Waals surface area (Å²) in [6.07, 6.45) is -10.5. The van der Waals surface area contributed by atoms with Crippen molar-refractivity contribution in [2.45, 2.75) is 49.8 Å². The summed E-state index contributed by atoms with van der Waals surface area (Å²) in [7, 11) is -6.51. The average Bonchev–Trinajstić information content (AvgIpc) is 3.09. The van der Waals surface area contributed by atoms with Gasteiger partial charge in [-0.05, 0) is 32.1 Å². The molecule has 0 saturated heterocycles. The molecule has 2 fully saturated rings. The highest BCUT2D eigenvalue weighted by Gasteiger charge is 2.66. The number of halogens is 5. The molecule has 0 aromatic carbocycles. The minimum Gasteiger partial charge on any atom is -0.459 e. The summed E-state index contributed by atoms with van der Waals surface area (Å²) in [6, 6.07) is 0. The molecule has 28 heavy (non-hydrogen) atoms. The van der Waals surface area contributed by atoms with Gasteiger partial charge < -0.3 is 9.47 Å². The van der Waals surface area contributed by atoms with Crippen LogP contribution in [0, 0.1) is 17.8 Å². The zero-order chi connectivity index (χ0) is 21.7. The topological polar surface area (TPSA) is 107 Å². The SMILES string of the molecule is C=C(C)C(=O)OC1CC2CC(C(=O)OC(C(F)(F)F)C(F)(F)S(=O)(=O)O)C1C2. The van der Waals surface area contributed by atoms with Crippen molar-refractivity contribution < 1.29 is 54.0 Å². The zero-order valence-corrected chi connectivity index (χ0v) is 15.2. The van der Waals surface area contributed by atoms with E-state index in [1.165, 1.54) is 6.92 Å². The number of hydrogen-bond donors (Lipinski definition) is 1. The smallest absolute Gasteiger partial charge is 0.432 e. The lowest BCUT2D eigenvalue weighted by Gasteiger charge is -2.31. The second kappa shape index (κ2) is 7.25. The van der Waals surface area contributed by atoms with Crippen LogP contribution in [0.15, 0.2) is 12.2 Å². The van der Waals surface area contributed by atoms with Gasteiger partial charge in [0.15, 0.2) is 0 Å². The lowest BCUT2D eigenvalue weighted by atomic mass is 9.86. The van der Waals surface area contributed by atoms with Crippen molar-refractivity contribution in [2.75, 3.05) is 0 Å². The van der Waals surface area contributed by atoms with Crippen molar-refractivity contribution in [3.8, 4) is 0 Å². The Balaban J connectivity index is 2.18. The largest absolute Gasteiger partial charge is 0.459 e. The Bertz CT molecular complexity index is 776. The molecule has 2 bridgehead atoms. The fourth-order valence-electron chi connectivity index (χ4n) is 3.60. The van der Waals surface area contributed by atoms with Crippen molar-refractivity contribution in [3.63, 3.8) is 0 Å². The Morgan fingerprint density at radius 1 is 1.14 bits per heavy atom. The zero-order valence-electron chi connectivity index (χ0n) is 14.4. The maximum absolute atomic E-state index is 13.5. The molecule has 0 radical (unpaired) electrons. The number of fused-ring (bicyclic) bond motifs is 2. The standard InChI is InChI=1S/C15H17F5O7S/c1-6(2)11(21)26-10-5-7-3-8(10)9(4-7)12(22)27-13(14(16,17)18)15(19,20)28(23,24)25/h7-10,13H,1,3-5H2,2H3,(H,23,24,25). The van der Waals surface area contributed by atoms with Crippen LogP contribution in [0.3, 0.4) is 0 Å². The van der Waals surface area contributed by atoms with Gasteiger partial charge in [-0.2, -0.15) is 30.4 Å². The van der Waals surface area contributed by atoms with Crippen LogP contribution < -0.4 is 0 Å². The van der Waals surface area contributed by atoms with Crippen LogP contribution in [0.25, 0.3) is 0 Å². The Labute approximate surface area is 156 Å². The molecule has 0 heterocycles. The molecule has 0 amide bonds. The Hall–Kier alpha value is -1.76. The second-order valence-electron chi connectivity index (χ2n) is 6.96. The van der Waals surface area contributed by atoms with E-state index in [9.17, 15) is 40.0 Å². The van der Waals surface area contributed by atoms with Crippen LogP contribution in [-0.4, -0.2) is 48.5 Å². The lowest BCUT2D eigenvalue weighted by molar-refractivity contribution is -0.261. The van der Waals surface area contributed by atoms with Gasteiger partial charge >= 0.3 is 33.5 Å². The molecule has 0 aromatic heterocycles. The maximum Gasteiger partial charge on any atom is 0.432 e. The summed E-state index contributed by atoms with van der Waals surface area (Å²) >= 11 is 0. The molecule has 2 aliphatic rings. The van der Waals surface area contributed by atoms with Crippen LogP contribution in [-0.2, 0) is 29.2 Å². The summed E-state index contributed by atoms with van der Waals surface area (Å²) in [5.74, 6) is -4.71. The number of hydrogen-bond acceptors (Lipinski definition) is 6. The molecule has 0 aromatic rings. The lowest BCUT2D eigenvalue weighted by Crippen LogP contribution is -2.53. The van der Waals surface area contributed by atoms with E-state index >= 15 is 0 Å². The van der Waals surface area contributed by atoms with Gasteiger partial charge in [-0.3, -0.25) is 9.35 Å². The molecular formula is C15H17F5O7S. The van der Waals surface area contributed by atoms with Crippen molar-refractivity contribution in [1.82, 2.24) is 0 Å². The van der Waals surface area contributed by atoms with Crippen molar-refractivity contribution in [1.29, 1.82) is 0 Å². The average molecular weight is 436 g/mol. The fraction of sp³-hybridized carbons (Fsp3) is 0.733. The van der Waals surface area contributed by atoms with Gasteiger partial charge in [0, 0.05) is 11.5 Å². The van der Waals surface area contributed by atoms with E-state index in [0.29, 0.717) is 12.8 Å². The van der Waals surface area contributed by atoms with Gasteiger partial charge in [0.25, 0.3) is 6.10 Å². The minimum atomic E-state index is -6.51. The molecule has 7 nitrogen and oxygen atoms in total. The second-order valence-corrected chi connectivity index (χ2v) is 8.46. The van der Waals surface area contributed by atoms with Crippen molar-refractivity contribution in [3.05, 3.63) is 12.2 Å². The Morgan fingerprint density at radius 3 is 2.14 bits per heavy atom. The van der Waals surface area contributed by atoms with Crippen LogP contribution >= 0.6 is 0 Å². The first-order chi connectivity index (χ1) is 12.6. The third-order valence-electron chi connectivity index (χ3n) is 4.84. The molecule has 5 unspecified atom stereocenters. The first-order valence-electron chi connectivity index (χ1n) is 8.04. The van der Waals surface area contributed by atoms with Gasteiger partial charge in [-0.25, -0.2) is 4.79 Å². The first kappa shape index (κ1) is 22.5. The normalized spacial score (nSPS) is 28.7. The third-order valence-corrected chi connectivity index (χ3v) is 5.74. The van der Waals surface area contributed by atoms with E-state index in [4.69, 9.17) is 9.29 Å². The van der Waals surface area contributed by atoms with Gasteiger partial charge in [0.1, 0.15) is 6.10 Å². The summed E-state index contributed by atoms with van der Waals surface area (Å²) < 4.78 is 105. The molecule has 5 atom stereocenters. The number of rotatable bonds is 6. The molecule has 13 heteroatoms. The number of carbonyl (C=O) groups is 2. The third kappa shape index (κ3) is 4.29. The highest BCUT2D eigenvalue weighted by molar-refractivity contribution is 7.86. The van der Waals surface area contributed by atoms with Gasteiger partial charge in [0.05, 0.1) is 5.92 Å². The summed E-state index contributed by atoms with van der Waals surface area (Å²) in [5.41, 5.74) is 0.0619. The van der Waals surface area contributed by atoms with Crippen molar-refractivity contribution in [2.24, 2.45) is 17.8 Å². The summed E-state index contributed by atoms with van der Waals surface area (Å²) in [5, 5.41) is -5.79. The van der Waals surface area contributed by atoms with E-state index in [1.54, 1.807) is 0 Å². The monoisotopic (exact) mass is 436 g/mol. The fourth-order valence-corrected chi connectivity index (χ4v) is 4.05. The predicted molar refractivity (Wildman–Crippen MR) is 81.4 cm³/mol.